The molecule has 100 valence electrons. The molecule has 0 atom stereocenters. The lowest BCUT2D eigenvalue weighted by molar-refractivity contribution is -0.384. The molecule has 8 heteroatoms. The fraction of sp³-hybridized carbons (Fsp3) is 0. The van der Waals surface area contributed by atoms with Crippen LogP contribution in [0.1, 0.15) is 5.56 Å². The van der Waals surface area contributed by atoms with Crippen molar-refractivity contribution in [3.8, 4) is 6.07 Å². The Balaban J connectivity index is 2.40. The van der Waals surface area contributed by atoms with Gasteiger partial charge in [0, 0.05) is 0 Å². The minimum atomic E-state index is -0.573. The van der Waals surface area contributed by atoms with Gasteiger partial charge in [-0.05, 0) is 18.2 Å². The molecular formula is C12H8ClN5O2. The van der Waals surface area contributed by atoms with E-state index < -0.39 is 4.92 Å². The average molecular weight is 290 g/mol. The third-order valence-electron chi connectivity index (χ3n) is 2.40. The van der Waals surface area contributed by atoms with E-state index in [4.69, 9.17) is 22.6 Å². The fourth-order valence-corrected chi connectivity index (χ4v) is 1.70. The molecule has 0 saturated heterocycles. The molecule has 1 aromatic heterocycles. The minimum absolute atomic E-state index is 0.00857. The number of hydrogen-bond donors (Lipinski definition) is 2. The maximum atomic E-state index is 10.8. The Morgan fingerprint density at radius 3 is 2.80 bits per heavy atom. The van der Waals surface area contributed by atoms with Gasteiger partial charge in [0.2, 0.25) is 0 Å². The lowest BCUT2D eigenvalue weighted by Gasteiger charge is -2.08. The van der Waals surface area contributed by atoms with Crippen LogP contribution in [0.2, 0.25) is 5.02 Å². The van der Waals surface area contributed by atoms with Crippen molar-refractivity contribution in [1.82, 2.24) is 4.98 Å². The Bertz CT molecular complexity index is 726. The first-order valence-corrected chi connectivity index (χ1v) is 5.76. The number of rotatable bonds is 3. The highest BCUT2D eigenvalue weighted by atomic mass is 35.5. The van der Waals surface area contributed by atoms with Crippen molar-refractivity contribution in [1.29, 1.82) is 5.26 Å². The molecule has 0 fully saturated rings. The van der Waals surface area contributed by atoms with Crippen molar-refractivity contribution >= 4 is 34.6 Å². The van der Waals surface area contributed by atoms with Gasteiger partial charge in [-0.1, -0.05) is 11.6 Å². The molecule has 0 saturated carbocycles. The normalized spacial score (nSPS) is 9.80. The van der Waals surface area contributed by atoms with Crippen LogP contribution in [-0.4, -0.2) is 9.91 Å². The van der Waals surface area contributed by atoms with Crippen LogP contribution in [0.15, 0.2) is 30.3 Å². The van der Waals surface area contributed by atoms with E-state index in [-0.39, 0.29) is 17.3 Å². The third kappa shape index (κ3) is 2.93. The van der Waals surface area contributed by atoms with Gasteiger partial charge < -0.3 is 11.1 Å². The average Bonchev–Trinajstić information content (AvgIpc) is 2.40. The van der Waals surface area contributed by atoms with Crippen LogP contribution >= 0.6 is 11.6 Å². The minimum Gasteiger partial charge on any atom is -0.383 e. The van der Waals surface area contributed by atoms with Gasteiger partial charge in [-0.25, -0.2) is 4.98 Å². The summed E-state index contributed by atoms with van der Waals surface area (Å²) in [6.07, 6.45) is 0. The maximum absolute atomic E-state index is 10.8. The zero-order valence-corrected chi connectivity index (χ0v) is 10.8. The Labute approximate surface area is 118 Å². The van der Waals surface area contributed by atoms with E-state index in [1.54, 1.807) is 12.1 Å². The Morgan fingerprint density at radius 2 is 2.15 bits per heavy atom. The van der Waals surface area contributed by atoms with E-state index in [2.05, 4.69) is 10.3 Å². The van der Waals surface area contributed by atoms with Crippen molar-refractivity contribution < 1.29 is 4.92 Å². The first-order valence-electron chi connectivity index (χ1n) is 5.38. The first kappa shape index (κ1) is 13.6. The quantitative estimate of drug-likeness (QED) is 0.662. The van der Waals surface area contributed by atoms with E-state index in [0.717, 1.165) is 6.07 Å². The van der Waals surface area contributed by atoms with Gasteiger partial charge in [-0.3, -0.25) is 10.1 Å². The van der Waals surface area contributed by atoms with E-state index in [1.807, 2.05) is 6.07 Å². The molecule has 0 aliphatic heterocycles. The van der Waals surface area contributed by atoms with Crippen LogP contribution in [0.3, 0.4) is 0 Å². The van der Waals surface area contributed by atoms with Gasteiger partial charge in [-0.2, -0.15) is 5.26 Å². The molecule has 0 spiro atoms. The molecule has 2 aromatic rings. The van der Waals surface area contributed by atoms with E-state index in [1.165, 1.54) is 12.1 Å². The van der Waals surface area contributed by atoms with Crippen molar-refractivity contribution in [2.45, 2.75) is 0 Å². The highest BCUT2D eigenvalue weighted by Crippen LogP contribution is 2.27. The number of nitrogens with one attached hydrogen (secondary N) is 1. The number of nitriles is 1. The lowest BCUT2D eigenvalue weighted by Crippen LogP contribution is -2.00. The summed E-state index contributed by atoms with van der Waals surface area (Å²) in [5.41, 5.74) is 6.13. The van der Waals surface area contributed by atoms with E-state index in [0.29, 0.717) is 16.3 Å². The molecule has 0 radical (unpaired) electrons. The molecule has 2 rings (SSSR count). The molecular weight excluding hydrogens is 282 g/mol. The first-order chi connectivity index (χ1) is 9.49. The molecule has 1 heterocycles. The van der Waals surface area contributed by atoms with Crippen LogP contribution in [0, 0.1) is 21.4 Å². The summed E-state index contributed by atoms with van der Waals surface area (Å²) < 4.78 is 0. The van der Waals surface area contributed by atoms with Crippen LogP contribution in [0.5, 0.6) is 0 Å². The molecule has 20 heavy (non-hydrogen) atoms. The molecule has 0 unspecified atom stereocenters. The summed E-state index contributed by atoms with van der Waals surface area (Å²) in [7, 11) is 0. The van der Waals surface area contributed by atoms with Gasteiger partial charge in [0.1, 0.15) is 11.6 Å². The number of pyridine rings is 1. The predicted octanol–water partition coefficient (Wildman–Crippen LogP) is 2.84. The van der Waals surface area contributed by atoms with Crippen molar-refractivity contribution in [3.05, 3.63) is 51.0 Å². The Morgan fingerprint density at radius 1 is 1.40 bits per heavy atom. The number of nitrogen functional groups attached to an aromatic ring is 1. The second-order valence-electron chi connectivity index (χ2n) is 3.82. The van der Waals surface area contributed by atoms with E-state index in [9.17, 15) is 10.1 Å². The van der Waals surface area contributed by atoms with Gasteiger partial charge >= 0.3 is 0 Å². The number of anilines is 3. The highest BCUT2D eigenvalue weighted by molar-refractivity contribution is 6.33. The summed E-state index contributed by atoms with van der Waals surface area (Å²) in [5.74, 6) is 0.183. The van der Waals surface area contributed by atoms with Crippen LogP contribution < -0.4 is 11.1 Å². The van der Waals surface area contributed by atoms with E-state index >= 15 is 0 Å². The van der Waals surface area contributed by atoms with Crippen molar-refractivity contribution in [2.24, 2.45) is 0 Å². The number of nitro groups is 1. The fourth-order valence-electron chi connectivity index (χ4n) is 1.53. The number of benzene rings is 1. The van der Waals surface area contributed by atoms with Crippen LogP contribution in [-0.2, 0) is 0 Å². The van der Waals surface area contributed by atoms with Crippen molar-refractivity contribution in [3.63, 3.8) is 0 Å². The molecule has 1 aromatic carbocycles. The topological polar surface area (TPSA) is 118 Å². The van der Waals surface area contributed by atoms with Gasteiger partial charge in [0.25, 0.3) is 5.69 Å². The molecule has 0 aliphatic carbocycles. The Hall–Kier alpha value is -2.85. The van der Waals surface area contributed by atoms with Gasteiger partial charge in [0.05, 0.1) is 39.4 Å². The smallest absolute Gasteiger partial charge is 0.276 e. The zero-order valence-electron chi connectivity index (χ0n) is 10.0. The predicted molar refractivity (Wildman–Crippen MR) is 74.8 cm³/mol. The third-order valence-corrected chi connectivity index (χ3v) is 2.73. The summed E-state index contributed by atoms with van der Waals surface area (Å²) in [6, 6.07) is 8.96. The maximum Gasteiger partial charge on any atom is 0.276 e. The summed E-state index contributed by atoms with van der Waals surface area (Å²) in [4.78, 5) is 14.1. The highest BCUT2D eigenvalue weighted by Gasteiger charge is 2.11. The number of nitrogens with zero attached hydrogens (tertiary/aromatic N) is 3. The number of nitrogens with two attached hydrogens (primary N) is 1. The monoisotopic (exact) mass is 289 g/mol. The van der Waals surface area contributed by atoms with Crippen LogP contribution in [0.25, 0.3) is 0 Å². The second kappa shape index (κ2) is 5.42. The molecule has 0 aliphatic rings. The molecule has 3 N–H and O–H groups in total. The SMILES string of the molecule is N#Cc1ccc(Cl)c(Nc2cc([N+](=O)[O-])cc(N)n2)c1. The summed E-state index contributed by atoms with van der Waals surface area (Å²) in [5, 5.41) is 22.7. The standard InChI is InChI=1S/C12H8ClN5O2/c13-9-2-1-7(6-14)3-10(9)16-12-5-8(18(19)20)4-11(15)17-12/h1-5H,(H3,15,16,17). The lowest BCUT2D eigenvalue weighted by atomic mass is 10.2. The molecule has 0 bridgehead atoms. The number of hydrogen-bond acceptors (Lipinski definition) is 6. The zero-order chi connectivity index (χ0) is 14.7. The second-order valence-corrected chi connectivity index (χ2v) is 4.23. The molecule has 7 nitrogen and oxygen atoms in total. The van der Waals surface area contributed by atoms with Gasteiger partial charge in [0.15, 0.2) is 0 Å². The number of aromatic nitrogens is 1. The largest absolute Gasteiger partial charge is 0.383 e. The number of halogens is 1. The van der Waals surface area contributed by atoms with Crippen molar-refractivity contribution in [2.75, 3.05) is 11.1 Å². The molecule has 0 amide bonds. The van der Waals surface area contributed by atoms with Gasteiger partial charge in [-0.15, -0.1) is 0 Å². The Kier molecular flexibility index (Phi) is 3.68. The van der Waals surface area contributed by atoms with Crippen LogP contribution in [0.4, 0.5) is 23.0 Å². The summed E-state index contributed by atoms with van der Waals surface area (Å²) >= 11 is 5.98. The summed E-state index contributed by atoms with van der Waals surface area (Å²) in [6.45, 7) is 0.